The minimum absolute atomic E-state index is 0.0409. The number of nitrogens with one attached hydrogen (secondary N) is 2. The maximum absolute atomic E-state index is 12.8. The largest absolute Gasteiger partial charge is 0.368 e. The van der Waals surface area contributed by atoms with Gasteiger partial charge in [-0.15, -0.1) is 0 Å². The van der Waals surface area contributed by atoms with Gasteiger partial charge >= 0.3 is 0 Å². The van der Waals surface area contributed by atoms with Crippen LogP contribution in [0.4, 0.5) is 5.69 Å². The summed E-state index contributed by atoms with van der Waals surface area (Å²) in [6.07, 6.45) is 3.91. The van der Waals surface area contributed by atoms with Crippen LogP contribution in [0.1, 0.15) is 36.8 Å². The molecule has 2 aromatic carbocycles. The van der Waals surface area contributed by atoms with Gasteiger partial charge in [-0.1, -0.05) is 36.8 Å². The molecule has 0 radical (unpaired) electrons. The first-order chi connectivity index (χ1) is 16.3. The summed E-state index contributed by atoms with van der Waals surface area (Å²) in [5.74, 6) is -0.376. The summed E-state index contributed by atoms with van der Waals surface area (Å²) < 4.78 is 28.3. The lowest BCUT2D eigenvalue weighted by Crippen LogP contribution is -2.50. The summed E-state index contributed by atoms with van der Waals surface area (Å²) in [7, 11) is -3.82. The lowest BCUT2D eigenvalue weighted by Gasteiger charge is -2.34. The standard InChI is InChI=1S/C24H29N5O4S/c25-24(31)21-13-17-7-3-4-8-18(17)15-29(21)16-23(30)27-19-9-6-10-20(14-19)34(32,33)28-22-11-2-1-5-12-26-22/h3-4,6-10,14,21H,1-2,5,11-13,15-16H2,(H2,25,31)(H,26,28)(H,27,30). The Kier molecular flexibility index (Phi) is 7.28. The van der Waals surface area contributed by atoms with Crippen LogP contribution in [0.5, 0.6) is 0 Å². The van der Waals surface area contributed by atoms with E-state index in [9.17, 15) is 18.0 Å². The number of fused-ring (bicyclic) bond motifs is 1. The van der Waals surface area contributed by atoms with Crippen molar-refractivity contribution in [3.8, 4) is 0 Å². The molecule has 34 heavy (non-hydrogen) atoms. The molecule has 0 saturated carbocycles. The van der Waals surface area contributed by atoms with E-state index in [2.05, 4.69) is 15.0 Å². The first-order valence-electron chi connectivity index (χ1n) is 11.4. The Hall–Kier alpha value is -3.24. The molecule has 0 saturated heterocycles. The molecule has 4 rings (SSSR count). The average Bonchev–Trinajstić information content (AvgIpc) is 3.06. The van der Waals surface area contributed by atoms with Gasteiger partial charge in [0, 0.05) is 25.2 Å². The van der Waals surface area contributed by atoms with Crippen LogP contribution in [-0.2, 0) is 32.6 Å². The fourth-order valence-corrected chi connectivity index (χ4v) is 5.46. The number of amides is 2. The van der Waals surface area contributed by atoms with E-state index in [1.807, 2.05) is 24.3 Å². The Bertz CT molecular complexity index is 1210. The first-order valence-corrected chi connectivity index (χ1v) is 12.9. The Morgan fingerprint density at radius 1 is 1.06 bits per heavy atom. The van der Waals surface area contributed by atoms with Gasteiger partial charge in [0.2, 0.25) is 11.8 Å². The summed E-state index contributed by atoms with van der Waals surface area (Å²) in [6.45, 7) is 0.993. The van der Waals surface area contributed by atoms with Crippen LogP contribution in [0, 0.1) is 0 Å². The summed E-state index contributed by atoms with van der Waals surface area (Å²) in [5, 5.41) is 2.74. The zero-order valence-electron chi connectivity index (χ0n) is 18.9. The van der Waals surface area contributed by atoms with E-state index in [-0.39, 0.29) is 17.3 Å². The highest BCUT2D eigenvalue weighted by Crippen LogP contribution is 2.23. The summed E-state index contributed by atoms with van der Waals surface area (Å²) in [4.78, 5) is 30.9. The lowest BCUT2D eigenvalue weighted by molar-refractivity contribution is -0.125. The third kappa shape index (κ3) is 5.81. The molecule has 2 heterocycles. The van der Waals surface area contributed by atoms with Gasteiger partial charge in [-0.25, -0.2) is 8.42 Å². The number of amidine groups is 1. The summed E-state index contributed by atoms with van der Waals surface area (Å²) >= 11 is 0. The number of nitrogens with two attached hydrogens (primary N) is 1. The Labute approximate surface area is 199 Å². The highest BCUT2D eigenvalue weighted by atomic mass is 32.2. The molecule has 0 spiro atoms. The molecule has 10 heteroatoms. The smallest absolute Gasteiger partial charge is 0.262 e. The number of benzene rings is 2. The van der Waals surface area contributed by atoms with Crippen LogP contribution in [-0.4, -0.2) is 50.1 Å². The Morgan fingerprint density at radius 3 is 2.65 bits per heavy atom. The van der Waals surface area contributed by atoms with E-state index < -0.39 is 22.0 Å². The fourth-order valence-electron chi connectivity index (χ4n) is 4.32. The van der Waals surface area contributed by atoms with Crippen LogP contribution in [0.15, 0.2) is 58.4 Å². The molecular weight excluding hydrogens is 454 g/mol. The lowest BCUT2D eigenvalue weighted by atomic mass is 9.93. The van der Waals surface area contributed by atoms with Crippen molar-refractivity contribution >= 4 is 33.4 Å². The van der Waals surface area contributed by atoms with Gasteiger partial charge in [0.25, 0.3) is 10.0 Å². The number of carbonyl (C=O) groups excluding carboxylic acids is 2. The molecule has 2 aromatic rings. The molecule has 1 unspecified atom stereocenters. The second-order valence-corrected chi connectivity index (χ2v) is 10.3. The molecule has 4 N–H and O–H groups in total. The van der Waals surface area contributed by atoms with Gasteiger partial charge in [-0.3, -0.25) is 24.2 Å². The zero-order chi connectivity index (χ0) is 24.1. The molecule has 1 atom stereocenters. The Morgan fingerprint density at radius 2 is 1.85 bits per heavy atom. The van der Waals surface area contributed by atoms with E-state index in [4.69, 9.17) is 5.73 Å². The highest BCUT2D eigenvalue weighted by Gasteiger charge is 2.31. The van der Waals surface area contributed by atoms with Crippen molar-refractivity contribution in [2.24, 2.45) is 10.7 Å². The van der Waals surface area contributed by atoms with Gasteiger partial charge in [0.05, 0.1) is 17.5 Å². The molecule has 9 nitrogen and oxygen atoms in total. The summed E-state index contributed by atoms with van der Waals surface area (Å²) in [6, 6.07) is 13.3. The molecular formula is C24H29N5O4S. The molecule has 0 aliphatic carbocycles. The fraction of sp³-hybridized carbons (Fsp3) is 0.375. The predicted molar refractivity (Wildman–Crippen MR) is 130 cm³/mol. The number of rotatable bonds is 6. The van der Waals surface area contributed by atoms with Crippen molar-refractivity contribution < 1.29 is 18.0 Å². The SMILES string of the molecule is NC(=O)C1Cc2ccccc2CN1CC(=O)Nc1cccc(S(=O)(=O)NC2=NCCCCC2)c1. The van der Waals surface area contributed by atoms with E-state index in [0.717, 1.165) is 30.4 Å². The average molecular weight is 484 g/mol. The Balaban J connectivity index is 1.44. The zero-order valence-corrected chi connectivity index (χ0v) is 19.7. The molecule has 180 valence electrons. The highest BCUT2D eigenvalue weighted by molar-refractivity contribution is 7.90. The second kappa shape index (κ2) is 10.4. The quantitative estimate of drug-likeness (QED) is 0.576. The van der Waals surface area contributed by atoms with Gasteiger partial charge in [-0.2, -0.15) is 0 Å². The minimum atomic E-state index is -3.82. The number of nitrogens with zero attached hydrogens (tertiary/aromatic N) is 2. The van der Waals surface area contributed by atoms with Crippen LogP contribution in [0.3, 0.4) is 0 Å². The number of hydrogen-bond acceptors (Lipinski definition) is 6. The summed E-state index contributed by atoms with van der Waals surface area (Å²) in [5.41, 5.74) is 8.05. The van der Waals surface area contributed by atoms with Crippen LogP contribution < -0.4 is 15.8 Å². The minimum Gasteiger partial charge on any atom is -0.368 e. The van der Waals surface area contributed by atoms with Gasteiger partial charge in [0.15, 0.2) is 0 Å². The first kappa shape index (κ1) is 23.9. The molecule has 0 bridgehead atoms. The normalized spacial score (nSPS) is 18.8. The van der Waals surface area contributed by atoms with Crippen LogP contribution in [0.2, 0.25) is 0 Å². The number of primary amides is 1. The van der Waals surface area contributed by atoms with E-state index in [1.54, 1.807) is 17.0 Å². The number of aliphatic imine (C=N–C) groups is 1. The second-order valence-electron chi connectivity index (χ2n) is 8.62. The number of sulfonamides is 1. The maximum Gasteiger partial charge on any atom is 0.262 e. The third-order valence-corrected chi connectivity index (χ3v) is 7.45. The maximum atomic E-state index is 12.8. The van der Waals surface area contributed by atoms with Crippen LogP contribution >= 0.6 is 0 Å². The van der Waals surface area contributed by atoms with Crippen LogP contribution in [0.25, 0.3) is 0 Å². The number of hydrogen-bond donors (Lipinski definition) is 3. The van der Waals surface area contributed by atoms with E-state index in [0.29, 0.717) is 37.5 Å². The van der Waals surface area contributed by atoms with Gasteiger partial charge < -0.3 is 11.1 Å². The monoisotopic (exact) mass is 483 g/mol. The number of carbonyl (C=O) groups is 2. The molecule has 2 aliphatic heterocycles. The predicted octanol–water partition coefficient (Wildman–Crippen LogP) is 1.79. The van der Waals surface area contributed by atoms with Crippen molar-refractivity contribution in [2.45, 2.75) is 49.6 Å². The molecule has 2 amide bonds. The topological polar surface area (TPSA) is 134 Å². The van der Waals surface area contributed by atoms with Crippen molar-refractivity contribution in [3.05, 3.63) is 59.7 Å². The third-order valence-electron chi connectivity index (χ3n) is 6.08. The number of anilines is 1. The van der Waals surface area contributed by atoms with Gasteiger partial charge in [-0.05, 0) is 48.6 Å². The van der Waals surface area contributed by atoms with Crippen molar-refractivity contribution in [2.75, 3.05) is 18.4 Å². The van der Waals surface area contributed by atoms with E-state index >= 15 is 0 Å². The molecule has 0 fully saturated rings. The van der Waals surface area contributed by atoms with Crippen molar-refractivity contribution in [1.29, 1.82) is 0 Å². The molecule has 0 aromatic heterocycles. The van der Waals surface area contributed by atoms with Crippen molar-refractivity contribution in [1.82, 2.24) is 9.62 Å². The molecule has 2 aliphatic rings. The van der Waals surface area contributed by atoms with Crippen molar-refractivity contribution in [3.63, 3.8) is 0 Å². The van der Waals surface area contributed by atoms with Gasteiger partial charge in [0.1, 0.15) is 5.84 Å². The van der Waals surface area contributed by atoms with E-state index in [1.165, 1.54) is 12.1 Å².